The van der Waals surface area contributed by atoms with Crippen LogP contribution in [0.3, 0.4) is 0 Å². The molecule has 0 spiro atoms. The minimum atomic E-state index is -4.63. The Morgan fingerprint density at radius 2 is 1.72 bits per heavy atom. The number of hydrogen-bond acceptors (Lipinski definition) is 6. The number of rotatable bonds is 7. The number of halogens is 3. The second-order valence-corrected chi connectivity index (χ2v) is 11.5. The van der Waals surface area contributed by atoms with Crippen LogP contribution in [0.2, 0.25) is 0 Å². The highest BCUT2D eigenvalue weighted by Gasteiger charge is 2.41. The van der Waals surface area contributed by atoms with E-state index >= 15 is 0 Å². The van der Waals surface area contributed by atoms with Gasteiger partial charge in [0.05, 0.1) is 10.5 Å². The first-order valence-electron chi connectivity index (χ1n) is 12.2. The van der Waals surface area contributed by atoms with Crippen LogP contribution in [0.5, 0.6) is 11.8 Å². The number of sulfonamides is 1. The maximum atomic E-state index is 13.5. The summed E-state index contributed by atoms with van der Waals surface area (Å²) in [6.07, 6.45) is -4.63. The van der Waals surface area contributed by atoms with E-state index in [0.29, 0.717) is 18.1 Å². The standard InChI is InChI=1S/C26H29F3N4O5S/c1-16(2)18-5-3-17(4-6-18)14-30-24(35)22-15-32(21-13-23(34)31-25(21)36)11-12-33(22)39(37,38)20-9-7-19(8-10-20)26(27,28)29/h3-10,13,16,22,31,34,36H,11-12,14-15H2,1-2H3,(H,30,35)/t22-/m1/s1. The Balaban J connectivity index is 1.60. The zero-order chi connectivity index (χ0) is 28.5. The Kier molecular flexibility index (Phi) is 7.84. The number of carbonyl (C=O) groups excluding carboxylic acids is 1. The third-order valence-electron chi connectivity index (χ3n) is 6.64. The largest absolute Gasteiger partial charge is 0.494 e. The molecule has 4 rings (SSSR count). The molecule has 1 aliphatic heterocycles. The highest BCUT2D eigenvalue weighted by molar-refractivity contribution is 7.89. The topological polar surface area (TPSA) is 126 Å². The van der Waals surface area contributed by atoms with Crippen LogP contribution in [0, 0.1) is 0 Å². The number of aromatic hydroxyl groups is 2. The third-order valence-corrected chi connectivity index (χ3v) is 8.56. The summed E-state index contributed by atoms with van der Waals surface area (Å²) in [5.74, 6) is -0.957. The Hall–Kier alpha value is -3.71. The van der Waals surface area contributed by atoms with Gasteiger partial charge in [-0.2, -0.15) is 17.5 Å². The predicted molar refractivity (Wildman–Crippen MR) is 138 cm³/mol. The fourth-order valence-electron chi connectivity index (χ4n) is 4.43. The Bertz CT molecular complexity index is 1420. The molecule has 39 heavy (non-hydrogen) atoms. The number of amides is 1. The van der Waals surface area contributed by atoms with E-state index < -0.39 is 33.7 Å². The summed E-state index contributed by atoms with van der Waals surface area (Å²) in [4.78, 5) is 16.9. The SMILES string of the molecule is CC(C)c1ccc(CNC(=O)[C@H]2CN(c3cc(O)[nH]c3O)CCN2S(=O)(=O)c2ccc(C(F)(F)F)cc2)cc1. The Morgan fingerprint density at radius 3 is 2.26 bits per heavy atom. The lowest BCUT2D eigenvalue weighted by atomic mass is 10.0. The van der Waals surface area contributed by atoms with Crippen LogP contribution in [0.25, 0.3) is 0 Å². The molecule has 210 valence electrons. The summed E-state index contributed by atoms with van der Waals surface area (Å²) in [7, 11) is -4.37. The van der Waals surface area contributed by atoms with Gasteiger partial charge < -0.3 is 20.4 Å². The molecule has 4 N–H and O–H groups in total. The van der Waals surface area contributed by atoms with Gasteiger partial charge in [0.2, 0.25) is 21.8 Å². The van der Waals surface area contributed by atoms with Crippen LogP contribution in [0.1, 0.15) is 36.5 Å². The molecule has 2 aromatic carbocycles. The number of H-pyrrole nitrogens is 1. The molecule has 1 atom stereocenters. The molecule has 1 aliphatic rings. The number of piperazine rings is 1. The summed E-state index contributed by atoms with van der Waals surface area (Å²) in [6, 6.07) is 10.7. The molecule has 1 fully saturated rings. The predicted octanol–water partition coefficient (Wildman–Crippen LogP) is 3.76. The van der Waals surface area contributed by atoms with Crippen molar-refractivity contribution in [3.63, 3.8) is 0 Å². The normalized spacial score (nSPS) is 17.0. The number of nitrogens with zero attached hydrogens (tertiary/aromatic N) is 2. The summed E-state index contributed by atoms with van der Waals surface area (Å²) < 4.78 is 67.0. The van der Waals surface area contributed by atoms with E-state index in [4.69, 9.17) is 0 Å². The molecule has 3 aromatic rings. The molecule has 0 radical (unpaired) electrons. The van der Waals surface area contributed by atoms with Crippen LogP contribution in [-0.2, 0) is 27.5 Å². The van der Waals surface area contributed by atoms with Crippen molar-refractivity contribution in [1.82, 2.24) is 14.6 Å². The van der Waals surface area contributed by atoms with Gasteiger partial charge in [0.15, 0.2) is 5.88 Å². The van der Waals surface area contributed by atoms with Crippen molar-refractivity contribution in [2.75, 3.05) is 24.5 Å². The molecule has 1 saturated heterocycles. The van der Waals surface area contributed by atoms with Gasteiger partial charge in [0.1, 0.15) is 11.7 Å². The Morgan fingerprint density at radius 1 is 1.08 bits per heavy atom. The van der Waals surface area contributed by atoms with E-state index in [9.17, 15) is 36.6 Å². The second-order valence-electron chi connectivity index (χ2n) is 9.60. The monoisotopic (exact) mass is 566 g/mol. The lowest BCUT2D eigenvalue weighted by molar-refractivity contribution is -0.137. The highest BCUT2D eigenvalue weighted by Crippen LogP contribution is 2.34. The molecule has 2 heterocycles. The van der Waals surface area contributed by atoms with Crippen molar-refractivity contribution in [2.24, 2.45) is 0 Å². The van der Waals surface area contributed by atoms with Gasteiger partial charge in [-0.05, 0) is 41.3 Å². The van der Waals surface area contributed by atoms with Crippen molar-refractivity contribution >= 4 is 21.6 Å². The lowest BCUT2D eigenvalue weighted by Gasteiger charge is -2.40. The average Bonchev–Trinajstić information content (AvgIpc) is 3.24. The minimum Gasteiger partial charge on any atom is -0.494 e. The third kappa shape index (κ3) is 6.14. The zero-order valence-electron chi connectivity index (χ0n) is 21.2. The average molecular weight is 567 g/mol. The Labute approximate surface area is 223 Å². The number of benzene rings is 2. The molecule has 13 heteroatoms. The maximum Gasteiger partial charge on any atom is 0.416 e. The molecular weight excluding hydrogens is 537 g/mol. The van der Waals surface area contributed by atoms with Gasteiger partial charge in [0.25, 0.3) is 0 Å². The maximum absolute atomic E-state index is 13.5. The van der Waals surface area contributed by atoms with Crippen LogP contribution in [0.4, 0.5) is 18.9 Å². The first-order valence-corrected chi connectivity index (χ1v) is 13.6. The summed E-state index contributed by atoms with van der Waals surface area (Å²) in [6.45, 7) is 3.90. The van der Waals surface area contributed by atoms with Gasteiger partial charge in [0, 0.05) is 32.2 Å². The minimum absolute atomic E-state index is 0.0468. The van der Waals surface area contributed by atoms with Crippen molar-refractivity contribution in [1.29, 1.82) is 0 Å². The quantitative estimate of drug-likeness (QED) is 0.345. The number of aromatic amines is 1. The van der Waals surface area contributed by atoms with Crippen LogP contribution in [-0.4, -0.2) is 59.5 Å². The van der Waals surface area contributed by atoms with Crippen molar-refractivity contribution in [3.8, 4) is 11.8 Å². The summed E-state index contributed by atoms with van der Waals surface area (Å²) in [5, 5.41) is 22.6. The first-order chi connectivity index (χ1) is 18.3. The number of carbonyl (C=O) groups is 1. The number of aromatic nitrogens is 1. The van der Waals surface area contributed by atoms with Gasteiger partial charge in [-0.1, -0.05) is 38.1 Å². The van der Waals surface area contributed by atoms with Crippen LogP contribution >= 0.6 is 0 Å². The number of anilines is 1. The molecule has 0 aliphatic carbocycles. The van der Waals surface area contributed by atoms with E-state index in [-0.39, 0.29) is 48.5 Å². The van der Waals surface area contributed by atoms with Gasteiger partial charge >= 0.3 is 6.18 Å². The fourth-order valence-corrected chi connectivity index (χ4v) is 6.00. The molecule has 0 unspecified atom stereocenters. The first kappa shape index (κ1) is 28.3. The second kappa shape index (κ2) is 10.8. The van der Waals surface area contributed by atoms with Crippen LogP contribution in [0.15, 0.2) is 59.5 Å². The van der Waals surface area contributed by atoms with Crippen molar-refractivity contribution < 1.29 is 36.6 Å². The van der Waals surface area contributed by atoms with E-state index in [1.165, 1.54) is 6.07 Å². The summed E-state index contributed by atoms with van der Waals surface area (Å²) >= 11 is 0. The smallest absolute Gasteiger partial charge is 0.416 e. The van der Waals surface area contributed by atoms with Gasteiger partial charge in [-0.15, -0.1) is 0 Å². The van der Waals surface area contributed by atoms with Crippen molar-refractivity contribution in [2.45, 2.75) is 43.4 Å². The number of alkyl halides is 3. The van der Waals surface area contributed by atoms with E-state index in [2.05, 4.69) is 24.1 Å². The molecule has 0 bridgehead atoms. The van der Waals surface area contributed by atoms with E-state index in [0.717, 1.165) is 27.6 Å². The van der Waals surface area contributed by atoms with E-state index in [1.807, 2.05) is 24.3 Å². The van der Waals surface area contributed by atoms with Crippen LogP contribution < -0.4 is 10.2 Å². The number of nitrogens with one attached hydrogen (secondary N) is 2. The molecule has 1 aromatic heterocycles. The lowest BCUT2D eigenvalue weighted by Crippen LogP contribution is -2.60. The number of hydrogen-bond donors (Lipinski definition) is 4. The molecular formula is C26H29F3N4O5S. The van der Waals surface area contributed by atoms with Gasteiger partial charge in [-0.3, -0.25) is 9.78 Å². The van der Waals surface area contributed by atoms with Crippen molar-refractivity contribution in [3.05, 3.63) is 71.3 Å². The summed E-state index contributed by atoms with van der Waals surface area (Å²) in [5.41, 5.74) is 1.11. The zero-order valence-corrected chi connectivity index (χ0v) is 22.1. The van der Waals surface area contributed by atoms with E-state index in [1.54, 1.807) is 4.90 Å². The fraction of sp³-hybridized carbons (Fsp3) is 0.346. The molecule has 0 saturated carbocycles. The molecule has 9 nitrogen and oxygen atoms in total. The highest BCUT2D eigenvalue weighted by atomic mass is 32.2. The van der Waals surface area contributed by atoms with Gasteiger partial charge in [-0.25, -0.2) is 8.42 Å². The molecule has 1 amide bonds.